The van der Waals surface area contributed by atoms with Gasteiger partial charge >= 0.3 is 0 Å². The summed E-state index contributed by atoms with van der Waals surface area (Å²) in [5, 5.41) is 12.3. The molecule has 3 rings (SSSR count). The van der Waals surface area contributed by atoms with Crippen molar-refractivity contribution in [3.05, 3.63) is 70.0 Å². The first-order chi connectivity index (χ1) is 9.98. The quantitative estimate of drug-likeness (QED) is 0.928. The van der Waals surface area contributed by atoms with Crippen molar-refractivity contribution in [3.63, 3.8) is 0 Å². The summed E-state index contributed by atoms with van der Waals surface area (Å²) >= 11 is 5.96. The van der Waals surface area contributed by atoms with E-state index in [9.17, 15) is 14.3 Å². The number of halogens is 2. The fraction of sp³-hybridized carbons (Fsp3) is 0.133. The van der Waals surface area contributed by atoms with E-state index in [4.69, 9.17) is 16.4 Å². The molecule has 0 saturated carbocycles. The Morgan fingerprint density at radius 1 is 1.24 bits per heavy atom. The highest BCUT2D eigenvalue weighted by atomic mass is 35.5. The van der Waals surface area contributed by atoms with Gasteiger partial charge < -0.3 is 5.11 Å². The lowest BCUT2D eigenvalue weighted by Crippen LogP contribution is -2.43. The van der Waals surface area contributed by atoms with Gasteiger partial charge in [0, 0.05) is 16.1 Å². The first-order valence-electron chi connectivity index (χ1n) is 6.15. The van der Waals surface area contributed by atoms with Crippen LogP contribution in [0.15, 0.2) is 42.5 Å². The Hall–Kier alpha value is -1.95. The third-order valence-corrected chi connectivity index (χ3v) is 3.73. The Kier molecular flexibility index (Phi) is 3.20. The molecule has 0 radical (unpaired) electrons. The van der Waals surface area contributed by atoms with Crippen LogP contribution in [0.5, 0.6) is 0 Å². The van der Waals surface area contributed by atoms with Crippen LogP contribution in [0.1, 0.15) is 21.5 Å². The topological polar surface area (TPSA) is 49.8 Å². The van der Waals surface area contributed by atoms with Crippen LogP contribution in [0, 0.1) is 5.82 Å². The number of carbonyl (C=O) groups excluding carboxylic acids is 1. The minimum atomic E-state index is -1.85. The summed E-state index contributed by atoms with van der Waals surface area (Å²) in [5.41, 5.74) is -0.957. The summed E-state index contributed by atoms with van der Waals surface area (Å²) in [5.74, 6) is -0.932. The van der Waals surface area contributed by atoms with E-state index in [1.165, 1.54) is 43.5 Å². The molecular formula is C15H11ClFNO3. The number of hydrogen-bond donors (Lipinski definition) is 1. The van der Waals surface area contributed by atoms with Crippen LogP contribution in [-0.4, -0.2) is 23.2 Å². The molecule has 6 heteroatoms. The predicted molar refractivity (Wildman–Crippen MR) is 74.0 cm³/mol. The number of aliphatic hydroxyl groups is 1. The van der Waals surface area contributed by atoms with Gasteiger partial charge in [0.15, 0.2) is 0 Å². The summed E-state index contributed by atoms with van der Waals surface area (Å²) in [7, 11) is 1.28. The van der Waals surface area contributed by atoms with Crippen LogP contribution in [-0.2, 0) is 10.6 Å². The maximum Gasteiger partial charge on any atom is 0.281 e. The minimum Gasteiger partial charge on any atom is -0.361 e. The molecule has 0 fully saturated rings. The second-order valence-corrected chi connectivity index (χ2v) is 5.09. The van der Waals surface area contributed by atoms with Crippen LogP contribution >= 0.6 is 11.6 Å². The van der Waals surface area contributed by atoms with Gasteiger partial charge in [-0.2, -0.15) is 5.06 Å². The zero-order chi connectivity index (χ0) is 15.2. The second-order valence-electron chi connectivity index (χ2n) is 4.65. The molecule has 1 amide bonds. The molecule has 0 aliphatic carbocycles. The van der Waals surface area contributed by atoms with Crippen LogP contribution in [0.2, 0.25) is 5.02 Å². The van der Waals surface area contributed by atoms with E-state index < -0.39 is 17.4 Å². The molecule has 108 valence electrons. The van der Waals surface area contributed by atoms with Crippen LogP contribution < -0.4 is 0 Å². The molecule has 1 N–H and O–H groups in total. The number of carbonyl (C=O) groups is 1. The lowest BCUT2D eigenvalue weighted by Gasteiger charge is -2.32. The highest BCUT2D eigenvalue weighted by Crippen LogP contribution is 2.43. The van der Waals surface area contributed by atoms with E-state index >= 15 is 0 Å². The second kappa shape index (κ2) is 4.80. The van der Waals surface area contributed by atoms with Crippen molar-refractivity contribution in [2.24, 2.45) is 0 Å². The van der Waals surface area contributed by atoms with E-state index in [-0.39, 0.29) is 5.56 Å². The Labute approximate surface area is 125 Å². The van der Waals surface area contributed by atoms with Crippen molar-refractivity contribution in [1.29, 1.82) is 0 Å². The number of benzene rings is 2. The van der Waals surface area contributed by atoms with Crippen molar-refractivity contribution < 1.29 is 19.1 Å². The molecule has 0 saturated heterocycles. The first kappa shape index (κ1) is 14.0. The first-order valence-corrected chi connectivity index (χ1v) is 6.53. The van der Waals surface area contributed by atoms with Gasteiger partial charge in [-0.1, -0.05) is 23.7 Å². The maximum absolute atomic E-state index is 13.1. The third kappa shape index (κ3) is 1.93. The maximum atomic E-state index is 13.1. The highest BCUT2D eigenvalue weighted by Gasteiger charge is 2.51. The van der Waals surface area contributed by atoms with Gasteiger partial charge in [-0.15, -0.1) is 0 Å². The van der Waals surface area contributed by atoms with Gasteiger partial charge in [0.2, 0.25) is 5.72 Å². The molecule has 1 heterocycles. The van der Waals surface area contributed by atoms with Gasteiger partial charge in [0.05, 0.1) is 12.7 Å². The van der Waals surface area contributed by atoms with Crippen LogP contribution in [0.3, 0.4) is 0 Å². The average molecular weight is 308 g/mol. The zero-order valence-electron chi connectivity index (χ0n) is 11.0. The molecule has 0 spiro atoms. The molecule has 1 atom stereocenters. The molecular weight excluding hydrogens is 297 g/mol. The molecule has 2 aromatic carbocycles. The number of amides is 1. The Bertz CT molecular complexity index is 719. The number of hydroxylamine groups is 2. The zero-order valence-corrected chi connectivity index (χ0v) is 11.8. The fourth-order valence-corrected chi connectivity index (χ4v) is 2.70. The van der Waals surface area contributed by atoms with E-state index in [1.807, 2.05) is 0 Å². The van der Waals surface area contributed by atoms with Crippen molar-refractivity contribution in [3.8, 4) is 0 Å². The van der Waals surface area contributed by atoms with E-state index in [2.05, 4.69) is 0 Å². The van der Waals surface area contributed by atoms with Crippen molar-refractivity contribution in [2.75, 3.05) is 7.11 Å². The Balaban J connectivity index is 2.26. The SMILES string of the molecule is CON1C(=O)c2ccc(Cl)cc2C1(O)c1ccc(F)cc1. The number of hydrogen-bond acceptors (Lipinski definition) is 3. The fourth-order valence-electron chi connectivity index (χ4n) is 2.53. The normalized spacial score (nSPS) is 20.8. The molecule has 4 nitrogen and oxygen atoms in total. The van der Waals surface area contributed by atoms with Crippen LogP contribution in [0.4, 0.5) is 4.39 Å². The van der Waals surface area contributed by atoms with E-state index in [1.54, 1.807) is 6.07 Å². The van der Waals surface area contributed by atoms with Crippen molar-refractivity contribution in [2.45, 2.75) is 5.72 Å². The lowest BCUT2D eigenvalue weighted by molar-refractivity contribution is -0.223. The van der Waals surface area contributed by atoms with E-state index in [0.29, 0.717) is 16.1 Å². The summed E-state index contributed by atoms with van der Waals surface area (Å²) in [6.07, 6.45) is 0. The summed E-state index contributed by atoms with van der Waals surface area (Å²) < 4.78 is 13.1. The van der Waals surface area contributed by atoms with Gasteiger partial charge in [0.25, 0.3) is 5.91 Å². The van der Waals surface area contributed by atoms with Gasteiger partial charge in [-0.25, -0.2) is 4.39 Å². The lowest BCUT2D eigenvalue weighted by atomic mass is 9.94. The molecule has 0 aromatic heterocycles. The summed E-state index contributed by atoms with van der Waals surface area (Å²) in [6, 6.07) is 9.77. The Morgan fingerprint density at radius 3 is 2.52 bits per heavy atom. The average Bonchev–Trinajstić information content (AvgIpc) is 2.68. The van der Waals surface area contributed by atoms with Gasteiger partial charge in [-0.3, -0.25) is 9.63 Å². The summed E-state index contributed by atoms with van der Waals surface area (Å²) in [6.45, 7) is 0. The molecule has 1 aliphatic heterocycles. The Morgan fingerprint density at radius 2 is 1.90 bits per heavy atom. The van der Waals surface area contributed by atoms with Crippen molar-refractivity contribution >= 4 is 17.5 Å². The molecule has 2 aromatic rings. The monoisotopic (exact) mass is 307 g/mol. The molecule has 1 unspecified atom stereocenters. The third-order valence-electron chi connectivity index (χ3n) is 3.50. The molecule has 21 heavy (non-hydrogen) atoms. The summed E-state index contributed by atoms with van der Waals surface area (Å²) in [4.78, 5) is 17.4. The number of nitrogens with zero attached hydrogens (tertiary/aromatic N) is 1. The largest absolute Gasteiger partial charge is 0.361 e. The van der Waals surface area contributed by atoms with Crippen LogP contribution in [0.25, 0.3) is 0 Å². The minimum absolute atomic E-state index is 0.285. The standard InChI is InChI=1S/C15H11ClFNO3/c1-21-18-14(19)12-7-4-10(16)8-13(12)15(18,20)9-2-5-11(17)6-3-9/h2-8,20H,1H3. The predicted octanol–water partition coefficient (Wildman–Crippen LogP) is 2.69. The van der Waals surface area contributed by atoms with Gasteiger partial charge in [0.1, 0.15) is 5.82 Å². The van der Waals surface area contributed by atoms with E-state index in [0.717, 1.165) is 5.06 Å². The van der Waals surface area contributed by atoms with Gasteiger partial charge in [-0.05, 0) is 30.3 Å². The smallest absolute Gasteiger partial charge is 0.281 e. The van der Waals surface area contributed by atoms with Crippen molar-refractivity contribution in [1.82, 2.24) is 5.06 Å². The molecule has 1 aliphatic rings. The molecule has 0 bridgehead atoms. The number of fused-ring (bicyclic) bond motifs is 1. The highest BCUT2D eigenvalue weighted by molar-refractivity contribution is 6.30. The number of rotatable bonds is 2.